The third-order valence-corrected chi connectivity index (χ3v) is 4.35. The zero-order valence-electron chi connectivity index (χ0n) is 13.4. The lowest BCUT2D eigenvalue weighted by molar-refractivity contribution is -0.127. The molecule has 1 amide bonds. The molecule has 0 aromatic heterocycles. The number of nitrogens with zero attached hydrogens (tertiary/aromatic N) is 1. The second-order valence-corrected chi connectivity index (χ2v) is 6.84. The molecular formula is C16H32N2O. The quantitative estimate of drug-likeness (QED) is 0.803. The third-order valence-electron chi connectivity index (χ3n) is 4.35. The summed E-state index contributed by atoms with van der Waals surface area (Å²) in [4.78, 5) is 14.7. The lowest BCUT2D eigenvalue weighted by Crippen LogP contribution is -2.44. The van der Waals surface area contributed by atoms with E-state index in [1.807, 2.05) is 0 Å². The summed E-state index contributed by atoms with van der Waals surface area (Å²) in [6, 6.07) is 0.284. The van der Waals surface area contributed by atoms with Crippen LogP contribution in [0.1, 0.15) is 53.9 Å². The van der Waals surface area contributed by atoms with E-state index in [1.54, 1.807) is 0 Å². The van der Waals surface area contributed by atoms with E-state index in [0.717, 1.165) is 31.8 Å². The van der Waals surface area contributed by atoms with Crippen LogP contribution in [0, 0.1) is 17.8 Å². The summed E-state index contributed by atoms with van der Waals surface area (Å²) in [5.41, 5.74) is 0. The van der Waals surface area contributed by atoms with Crippen molar-refractivity contribution in [1.29, 1.82) is 0 Å². The summed E-state index contributed by atoms with van der Waals surface area (Å²) >= 11 is 0. The standard InChI is InChI=1S/C16H32N2O/c1-12(2)6-9-18-10-7-15(8-11-18)16(19)17-14(5)13(3)4/h12-15H,6-11H2,1-5H3,(H,17,19). The summed E-state index contributed by atoms with van der Waals surface area (Å²) in [5, 5.41) is 3.16. The van der Waals surface area contributed by atoms with Crippen molar-refractivity contribution in [1.82, 2.24) is 10.2 Å². The molecule has 1 heterocycles. The van der Waals surface area contributed by atoms with E-state index in [1.165, 1.54) is 13.0 Å². The number of rotatable bonds is 6. The Morgan fingerprint density at radius 3 is 2.21 bits per heavy atom. The average molecular weight is 268 g/mol. The first-order chi connectivity index (χ1) is 8.90. The number of hydrogen-bond acceptors (Lipinski definition) is 2. The van der Waals surface area contributed by atoms with Gasteiger partial charge in [0.05, 0.1) is 0 Å². The summed E-state index contributed by atoms with van der Waals surface area (Å²) in [5.74, 6) is 1.78. The van der Waals surface area contributed by atoms with Crippen LogP contribution in [0.5, 0.6) is 0 Å². The van der Waals surface area contributed by atoms with Gasteiger partial charge in [0.25, 0.3) is 0 Å². The smallest absolute Gasteiger partial charge is 0.223 e. The van der Waals surface area contributed by atoms with Gasteiger partial charge in [-0.1, -0.05) is 27.7 Å². The Morgan fingerprint density at radius 2 is 1.74 bits per heavy atom. The number of piperidine rings is 1. The molecule has 3 heteroatoms. The van der Waals surface area contributed by atoms with Crippen molar-refractivity contribution in [2.75, 3.05) is 19.6 Å². The van der Waals surface area contributed by atoms with Gasteiger partial charge < -0.3 is 10.2 Å². The molecule has 0 aliphatic carbocycles. The molecule has 0 spiro atoms. The highest BCUT2D eigenvalue weighted by Gasteiger charge is 2.25. The van der Waals surface area contributed by atoms with Crippen LogP contribution >= 0.6 is 0 Å². The molecule has 1 aliphatic rings. The van der Waals surface area contributed by atoms with Gasteiger partial charge in [-0.05, 0) is 57.7 Å². The SMILES string of the molecule is CC(C)CCN1CCC(C(=O)NC(C)C(C)C)CC1. The predicted molar refractivity (Wildman–Crippen MR) is 81.1 cm³/mol. The van der Waals surface area contributed by atoms with E-state index in [9.17, 15) is 4.79 Å². The number of hydrogen-bond donors (Lipinski definition) is 1. The van der Waals surface area contributed by atoms with E-state index in [0.29, 0.717) is 5.92 Å². The maximum Gasteiger partial charge on any atom is 0.223 e. The molecule has 1 aliphatic heterocycles. The first-order valence-corrected chi connectivity index (χ1v) is 7.92. The minimum atomic E-state index is 0.233. The highest BCUT2D eigenvalue weighted by Crippen LogP contribution is 2.18. The van der Waals surface area contributed by atoms with E-state index < -0.39 is 0 Å². The monoisotopic (exact) mass is 268 g/mol. The molecule has 0 saturated carbocycles. The second kappa shape index (κ2) is 7.88. The fourth-order valence-electron chi connectivity index (χ4n) is 2.37. The van der Waals surface area contributed by atoms with Crippen LogP contribution in [0.3, 0.4) is 0 Å². The summed E-state index contributed by atoms with van der Waals surface area (Å²) in [6.45, 7) is 14.3. The van der Waals surface area contributed by atoms with Crippen LogP contribution < -0.4 is 5.32 Å². The van der Waals surface area contributed by atoms with Gasteiger partial charge in [-0.2, -0.15) is 0 Å². The van der Waals surface area contributed by atoms with E-state index in [2.05, 4.69) is 44.8 Å². The van der Waals surface area contributed by atoms with Crippen LogP contribution in [0.4, 0.5) is 0 Å². The topological polar surface area (TPSA) is 32.3 Å². The molecule has 1 saturated heterocycles. The van der Waals surface area contributed by atoms with Gasteiger partial charge in [0.2, 0.25) is 5.91 Å². The van der Waals surface area contributed by atoms with Crippen molar-refractivity contribution in [3.05, 3.63) is 0 Å². The fraction of sp³-hybridized carbons (Fsp3) is 0.938. The van der Waals surface area contributed by atoms with Gasteiger partial charge in [0, 0.05) is 12.0 Å². The first-order valence-electron chi connectivity index (χ1n) is 7.92. The number of likely N-dealkylation sites (tertiary alicyclic amines) is 1. The van der Waals surface area contributed by atoms with Crippen LogP contribution in [-0.2, 0) is 4.79 Å². The Labute approximate surface area is 119 Å². The number of carbonyl (C=O) groups is 1. The van der Waals surface area contributed by atoms with E-state index in [4.69, 9.17) is 0 Å². The molecule has 0 radical (unpaired) electrons. The molecule has 1 unspecified atom stereocenters. The second-order valence-electron chi connectivity index (χ2n) is 6.84. The van der Waals surface area contributed by atoms with E-state index in [-0.39, 0.29) is 17.9 Å². The molecule has 1 rings (SSSR count). The predicted octanol–water partition coefficient (Wildman–Crippen LogP) is 2.91. The van der Waals surface area contributed by atoms with Crippen LogP contribution in [-0.4, -0.2) is 36.5 Å². The van der Waals surface area contributed by atoms with Gasteiger partial charge in [0.15, 0.2) is 0 Å². The minimum Gasteiger partial charge on any atom is -0.353 e. The van der Waals surface area contributed by atoms with Gasteiger partial charge in [-0.25, -0.2) is 0 Å². The van der Waals surface area contributed by atoms with Crippen molar-refractivity contribution >= 4 is 5.91 Å². The number of amides is 1. The zero-order valence-corrected chi connectivity index (χ0v) is 13.4. The molecule has 1 fully saturated rings. The van der Waals surface area contributed by atoms with Crippen molar-refractivity contribution < 1.29 is 4.79 Å². The molecular weight excluding hydrogens is 236 g/mol. The molecule has 19 heavy (non-hydrogen) atoms. The van der Waals surface area contributed by atoms with Crippen LogP contribution in [0.15, 0.2) is 0 Å². The average Bonchev–Trinajstić information content (AvgIpc) is 2.36. The molecule has 3 nitrogen and oxygen atoms in total. The lowest BCUT2D eigenvalue weighted by Gasteiger charge is -2.32. The number of carbonyl (C=O) groups excluding carboxylic acids is 1. The third kappa shape index (κ3) is 5.94. The molecule has 0 aromatic carbocycles. The molecule has 1 atom stereocenters. The normalized spacial score (nSPS) is 19.9. The van der Waals surface area contributed by atoms with Gasteiger partial charge >= 0.3 is 0 Å². The zero-order chi connectivity index (χ0) is 14.4. The van der Waals surface area contributed by atoms with Gasteiger partial charge in [0.1, 0.15) is 0 Å². The fourth-order valence-corrected chi connectivity index (χ4v) is 2.37. The van der Waals surface area contributed by atoms with Crippen molar-refractivity contribution in [2.24, 2.45) is 17.8 Å². The Bertz CT molecular complexity index is 268. The Morgan fingerprint density at radius 1 is 1.16 bits per heavy atom. The lowest BCUT2D eigenvalue weighted by atomic mass is 9.94. The molecule has 112 valence electrons. The maximum absolute atomic E-state index is 12.2. The molecule has 1 N–H and O–H groups in total. The highest BCUT2D eigenvalue weighted by molar-refractivity contribution is 5.79. The van der Waals surface area contributed by atoms with Crippen molar-refractivity contribution in [2.45, 2.75) is 59.9 Å². The molecule has 0 bridgehead atoms. The molecule has 0 aromatic rings. The first kappa shape index (κ1) is 16.5. The van der Waals surface area contributed by atoms with E-state index >= 15 is 0 Å². The summed E-state index contributed by atoms with van der Waals surface area (Å²) < 4.78 is 0. The summed E-state index contributed by atoms with van der Waals surface area (Å²) in [7, 11) is 0. The Balaban J connectivity index is 2.27. The highest BCUT2D eigenvalue weighted by atomic mass is 16.1. The Kier molecular flexibility index (Phi) is 6.84. The van der Waals surface area contributed by atoms with Crippen molar-refractivity contribution in [3.63, 3.8) is 0 Å². The van der Waals surface area contributed by atoms with Gasteiger partial charge in [-0.3, -0.25) is 4.79 Å². The summed E-state index contributed by atoms with van der Waals surface area (Å²) in [6.07, 6.45) is 3.31. The maximum atomic E-state index is 12.2. The van der Waals surface area contributed by atoms with Crippen molar-refractivity contribution in [3.8, 4) is 0 Å². The van der Waals surface area contributed by atoms with Crippen LogP contribution in [0.2, 0.25) is 0 Å². The minimum absolute atomic E-state index is 0.233. The number of nitrogens with one attached hydrogen (secondary N) is 1. The van der Waals surface area contributed by atoms with Crippen LogP contribution in [0.25, 0.3) is 0 Å². The largest absolute Gasteiger partial charge is 0.353 e. The van der Waals surface area contributed by atoms with Gasteiger partial charge in [-0.15, -0.1) is 0 Å². The Hall–Kier alpha value is -0.570.